The lowest BCUT2D eigenvalue weighted by molar-refractivity contribution is -0.144. The summed E-state index contributed by atoms with van der Waals surface area (Å²) in [6.45, 7) is 3.63. The molecule has 0 spiro atoms. The van der Waals surface area contributed by atoms with Crippen molar-refractivity contribution in [3.8, 4) is 11.5 Å². The molecule has 2 aromatic carbocycles. The van der Waals surface area contributed by atoms with E-state index in [0.29, 0.717) is 44.5 Å². The van der Waals surface area contributed by atoms with Gasteiger partial charge in [0.05, 0.1) is 17.2 Å². The maximum Gasteiger partial charge on any atom is 0.344 e. The summed E-state index contributed by atoms with van der Waals surface area (Å²) in [5, 5.41) is 12.8. The number of hydrogen-bond acceptors (Lipinski definition) is 6. The number of nitrogens with one attached hydrogen (secondary N) is 1. The van der Waals surface area contributed by atoms with Gasteiger partial charge >= 0.3 is 5.97 Å². The van der Waals surface area contributed by atoms with E-state index in [-0.39, 0.29) is 5.91 Å². The number of benzene rings is 2. The molecule has 0 aromatic heterocycles. The van der Waals surface area contributed by atoms with Crippen molar-refractivity contribution in [3.05, 3.63) is 58.0 Å². The van der Waals surface area contributed by atoms with Crippen LogP contribution in [-0.2, 0) is 9.59 Å². The number of nitrogens with zero attached hydrogens (tertiary/aromatic N) is 1. The molecule has 2 aromatic rings. The quantitative estimate of drug-likeness (QED) is 0.608. The Balaban J connectivity index is 1.81. The number of hydrogen-bond donors (Lipinski definition) is 2. The van der Waals surface area contributed by atoms with Crippen molar-refractivity contribution in [1.82, 2.24) is 5.32 Å². The van der Waals surface area contributed by atoms with Gasteiger partial charge in [-0.25, -0.2) is 9.79 Å². The SMILES string of the molecule is CCOc1cc(/C=C2\SC(=Nc3ccc(Cl)cc3)NC2=O)ccc1OC(C)C(=O)O. The second kappa shape index (κ2) is 9.69. The molecule has 1 amide bonds. The van der Waals surface area contributed by atoms with Crippen LogP contribution in [0.1, 0.15) is 19.4 Å². The van der Waals surface area contributed by atoms with E-state index in [1.807, 2.05) is 6.92 Å². The molecule has 0 bridgehead atoms. The highest BCUT2D eigenvalue weighted by Gasteiger charge is 2.24. The number of carbonyl (C=O) groups is 2. The topological polar surface area (TPSA) is 97.2 Å². The molecule has 2 N–H and O–H groups in total. The van der Waals surface area contributed by atoms with E-state index in [9.17, 15) is 9.59 Å². The Kier molecular flexibility index (Phi) is 7.02. The van der Waals surface area contributed by atoms with Gasteiger partial charge in [0.25, 0.3) is 5.91 Å². The van der Waals surface area contributed by atoms with E-state index in [0.717, 1.165) is 0 Å². The Morgan fingerprint density at radius 2 is 2.00 bits per heavy atom. The number of carbonyl (C=O) groups excluding carboxylic acids is 1. The number of amidine groups is 1. The van der Waals surface area contributed by atoms with Crippen molar-refractivity contribution in [2.45, 2.75) is 20.0 Å². The summed E-state index contributed by atoms with van der Waals surface area (Å²) < 4.78 is 11.0. The molecule has 1 aliphatic heterocycles. The molecule has 1 fully saturated rings. The number of carboxylic acid groups (broad SMARTS) is 1. The maximum atomic E-state index is 12.3. The van der Waals surface area contributed by atoms with E-state index in [4.69, 9.17) is 26.2 Å². The molecule has 1 saturated heterocycles. The van der Waals surface area contributed by atoms with Crippen LogP contribution in [0.15, 0.2) is 52.4 Å². The Labute approximate surface area is 182 Å². The minimum Gasteiger partial charge on any atom is -0.490 e. The van der Waals surface area contributed by atoms with Crippen molar-refractivity contribution in [3.63, 3.8) is 0 Å². The van der Waals surface area contributed by atoms with Gasteiger partial charge < -0.3 is 19.9 Å². The van der Waals surface area contributed by atoms with Crippen LogP contribution in [0.3, 0.4) is 0 Å². The number of aliphatic imine (C=N–C) groups is 1. The third-order valence-electron chi connectivity index (χ3n) is 3.93. The molecule has 156 valence electrons. The first-order valence-electron chi connectivity index (χ1n) is 9.07. The fraction of sp³-hybridized carbons (Fsp3) is 0.190. The lowest BCUT2D eigenvalue weighted by Crippen LogP contribution is -2.23. The van der Waals surface area contributed by atoms with E-state index in [1.54, 1.807) is 48.5 Å². The number of carboxylic acids is 1. The molecule has 1 aliphatic rings. The van der Waals surface area contributed by atoms with Gasteiger partial charge in [-0.1, -0.05) is 17.7 Å². The summed E-state index contributed by atoms with van der Waals surface area (Å²) in [5.41, 5.74) is 1.38. The summed E-state index contributed by atoms with van der Waals surface area (Å²) >= 11 is 7.09. The zero-order valence-electron chi connectivity index (χ0n) is 16.2. The van der Waals surface area contributed by atoms with Gasteiger partial charge in [-0.2, -0.15) is 0 Å². The van der Waals surface area contributed by atoms with Gasteiger partial charge in [-0.05, 0) is 73.6 Å². The monoisotopic (exact) mass is 446 g/mol. The van der Waals surface area contributed by atoms with Gasteiger partial charge in [0, 0.05) is 5.02 Å². The summed E-state index contributed by atoms with van der Waals surface area (Å²) in [4.78, 5) is 28.2. The molecular formula is C21H19ClN2O5S. The van der Waals surface area contributed by atoms with Gasteiger partial charge in [0.15, 0.2) is 22.8 Å². The lowest BCUT2D eigenvalue weighted by atomic mass is 10.2. The predicted molar refractivity (Wildman–Crippen MR) is 118 cm³/mol. The molecule has 1 unspecified atom stereocenters. The Morgan fingerprint density at radius 3 is 2.67 bits per heavy atom. The normalized spacial score (nSPS) is 17.1. The number of rotatable bonds is 7. The molecule has 1 heterocycles. The van der Waals surface area contributed by atoms with Crippen molar-refractivity contribution in [2.75, 3.05) is 6.61 Å². The highest BCUT2D eigenvalue weighted by Crippen LogP contribution is 2.33. The van der Waals surface area contributed by atoms with Crippen LogP contribution in [0, 0.1) is 0 Å². The van der Waals surface area contributed by atoms with Crippen LogP contribution >= 0.6 is 23.4 Å². The minimum atomic E-state index is -1.07. The van der Waals surface area contributed by atoms with Gasteiger partial charge in [0.1, 0.15) is 0 Å². The molecule has 3 rings (SSSR count). The first-order chi connectivity index (χ1) is 14.4. The Bertz CT molecular complexity index is 1020. The zero-order valence-corrected chi connectivity index (χ0v) is 17.8. The Morgan fingerprint density at radius 1 is 1.27 bits per heavy atom. The minimum absolute atomic E-state index is 0.259. The fourth-order valence-electron chi connectivity index (χ4n) is 2.49. The smallest absolute Gasteiger partial charge is 0.344 e. The summed E-state index contributed by atoms with van der Waals surface area (Å²) in [7, 11) is 0. The fourth-order valence-corrected chi connectivity index (χ4v) is 3.45. The molecule has 30 heavy (non-hydrogen) atoms. The first kappa shape index (κ1) is 21.7. The number of amides is 1. The summed E-state index contributed by atoms with van der Waals surface area (Å²) in [5.74, 6) is -0.610. The van der Waals surface area contributed by atoms with Gasteiger partial charge in [-0.3, -0.25) is 4.79 Å². The van der Waals surface area contributed by atoms with Crippen LogP contribution < -0.4 is 14.8 Å². The van der Waals surface area contributed by atoms with Crippen LogP contribution in [0.4, 0.5) is 5.69 Å². The Hall–Kier alpha value is -2.97. The van der Waals surface area contributed by atoms with Crippen molar-refractivity contribution in [2.24, 2.45) is 4.99 Å². The van der Waals surface area contributed by atoms with Crippen molar-refractivity contribution >= 4 is 52.2 Å². The standard InChI is InChI=1S/C21H19ClN2O5S/c1-3-28-17-10-13(4-9-16(17)29-12(2)20(26)27)11-18-19(25)24-21(30-18)23-15-7-5-14(22)6-8-15/h4-12H,3H2,1-2H3,(H,26,27)(H,23,24,25)/b18-11-. The molecule has 1 atom stereocenters. The predicted octanol–water partition coefficient (Wildman–Crippen LogP) is 4.48. The van der Waals surface area contributed by atoms with E-state index >= 15 is 0 Å². The molecule has 0 radical (unpaired) electrons. The first-order valence-corrected chi connectivity index (χ1v) is 10.3. The second-order valence-electron chi connectivity index (χ2n) is 6.20. The van der Waals surface area contributed by atoms with E-state index in [1.165, 1.54) is 18.7 Å². The third-order valence-corrected chi connectivity index (χ3v) is 5.09. The van der Waals surface area contributed by atoms with Crippen LogP contribution in [0.25, 0.3) is 6.08 Å². The van der Waals surface area contributed by atoms with Gasteiger partial charge in [0.2, 0.25) is 0 Å². The number of ether oxygens (including phenoxy) is 2. The zero-order chi connectivity index (χ0) is 21.7. The highest BCUT2D eigenvalue weighted by atomic mass is 35.5. The molecular weight excluding hydrogens is 428 g/mol. The highest BCUT2D eigenvalue weighted by molar-refractivity contribution is 8.18. The van der Waals surface area contributed by atoms with Crippen LogP contribution in [-0.4, -0.2) is 34.9 Å². The van der Waals surface area contributed by atoms with Crippen LogP contribution in [0.5, 0.6) is 11.5 Å². The maximum absolute atomic E-state index is 12.3. The van der Waals surface area contributed by atoms with Crippen LogP contribution in [0.2, 0.25) is 5.02 Å². The lowest BCUT2D eigenvalue weighted by Gasteiger charge is -2.15. The van der Waals surface area contributed by atoms with E-state index < -0.39 is 12.1 Å². The molecule has 0 saturated carbocycles. The molecule has 9 heteroatoms. The van der Waals surface area contributed by atoms with Crippen molar-refractivity contribution < 1.29 is 24.2 Å². The number of thioether (sulfide) groups is 1. The third kappa shape index (κ3) is 5.55. The average molecular weight is 447 g/mol. The number of aliphatic carboxylic acids is 1. The largest absolute Gasteiger partial charge is 0.490 e. The molecule has 7 nitrogen and oxygen atoms in total. The summed E-state index contributed by atoms with van der Waals surface area (Å²) in [6.07, 6.45) is 0.688. The molecule has 0 aliphatic carbocycles. The van der Waals surface area contributed by atoms with E-state index in [2.05, 4.69) is 10.3 Å². The summed E-state index contributed by atoms with van der Waals surface area (Å²) in [6, 6.07) is 12.0. The average Bonchev–Trinajstić information content (AvgIpc) is 3.04. The van der Waals surface area contributed by atoms with Gasteiger partial charge in [-0.15, -0.1) is 0 Å². The van der Waals surface area contributed by atoms with Crippen molar-refractivity contribution in [1.29, 1.82) is 0 Å². The number of halogens is 1. The second-order valence-corrected chi connectivity index (χ2v) is 7.66.